The molecule has 0 aliphatic heterocycles. The quantitative estimate of drug-likeness (QED) is 0.718. The van der Waals surface area contributed by atoms with E-state index < -0.39 is 17.7 Å². The minimum absolute atomic E-state index is 0.0650. The van der Waals surface area contributed by atoms with Crippen LogP contribution < -0.4 is 5.32 Å². The van der Waals surface area contributed by atoms with E-state index in [-0.39, 0.29) is 25.7 Å². The maximum absolute atomic E-state index is 11.9. The third-order valence-corrected chi connectivity index (χ3v) is 2.83. The monoisotopic (exact) mass is 323 g/mol. The Bertz CT molecular complexity index is 495. The average molecular weight is 323 g/mol. The Labute approximate surface area is 136 Å². The smallest absolute Gasteiger partial charge is 0.407 e. The van der Waals surface area contributed by atoms with E-state index in [1.165, 1.54) is 0 Å². The van der Waals surface area contributed by atoms with Gasteiger partial charge in [0.05, 0.1) is 25.7 Å². The Balaban J connectivity index is 2.56. The molecule has 0 heterocycles. The van der Waals surface area contributed by atoms with Gasteiger partial charge in [-0.25, -0.2) is 4.79 Å². The molecule has 0 fully saturated rings. The number of rotatable bonds is 8. The van der Waals surface area contributed by atoms with Gasteiger partial charge in [-0.1, -0.05) is 30.3 Å². The van der Waals surface area contributed by atoms with Gasteiger partial charge in [0.25, 0.3) is 0 Å². The van der Waals surface area contributed by atoms with Crippen LogP contribution in [0.3, 0.4) is 0 Å². The van der Waals surface area contributed by atoms with Crippen molar-refractivity contribution in [2.45, 2.75) is 45.3 Å². The second-order valence-electron chi connectivity index (χ2n) is 6.25. The predicted molar refractivity (Wildman–Crippen MR) is 86.4 cm³/mol. The van der Waals surface area contributed by atoms with Crippen molar-refractivity contribution in [3.05, 3.63) is 35.9 Å². The molecule has 2 N–H and O–H groups in total. The molecular formula is C17H25NO5. The van der Waals surface area contributed by atoms with Crippen LogP contribution in [-0.2, 0) is 20.7 Å². The first-order valence-corrected chi connectivity index (χ1v) is 7.59. The molecule has 0 unspecified atom stereocenters. The van der Waals surface area contributed by atoms with Crippen molar-refractivity contribution in [3.63, 3.8) is 0 Å². The number of amides is 1. The molecule has 0 saturated heterocycles. The van der Waals surface area contributed by atoms with E-state index in [1.807, 2.05) is 30.3 Å². The van der Waals surface area contributed by atoms with Crippen LogP contribution in [0.2, 0.25) is 0 Å². The molecule has 0 radical (unpaired) electrons. The van der Waals surface area contributed by atoms with E-state index in [0.717, 1.165) is 5.56 Å². The Morgan fingerprint density at radius 2 is 1.87 bits per heavy atom. The highest BCUT2D eigenvalue weighted by atomic mass is 16.6. The number of carboxylic acid groups (broad SMARTS) is 1. The molecule has 6 heteroatoms. The highest BCUT2D eigenvalue weighted by molar-refractivity contribution is 5.68. The second-order valence-corrected chi connectivity index (χ2v) is 6.25. The Hall–Kier alpha value is -2.08. The molecule has 1 rings (SSSR count). The number of benzene rings is 1. The van der Waals surface area contributed by atoms with Crippen molar-refractivity contribution in [1.29, 1.82) is 0 Å². The predicted octanol–water partition coefficient (Wildman–Crippen LogP) is 2.61. The van der Waals surface area contributed by atoms with Gasteiger partial charge in [0.15, 0.2) is 0 Å². The normalized spacial score (nSPS) is 12.5. The number of carbonyl (C=O) groups is 2. The topological polar surface area (TPSA) is 84.9 Å². The molecule has 128 valence electrons. The van der Waals surface area contributed by atoms with Crippen LogP contribution in [0.15, 0.2) is 30.3 Å². The van der Waals surface area contributed by atoms with Gasteiger partial charge in [-0.05, 0) is 32.8 Å². The number of alkyl carbamates (subject to hydrolysis) is 1. The fourth-order valence-corrected chi connectivity index (χ4v) is 1.91. The third kappa shape index (κ3) is 9.52. The summed E-state index contributed by atoms with van der Waals surface area (Å²) in [5.41, 5.74) is 0.473. The van der Waals surface area contributed by atoms with Gasteiger partial charge in [0, 0.05) is 0 Å². The van der Waals surface area contributed by atoms with E-state index in [9.17, 15) is 9.59 Å². The number of ether oxygens (including phenoxy) is 2. The molecule has 23 heavy (non-hydrogen) atoms. The lowest BCUT2D eigenvalue weighted by Crippen LogP contribution is -2.42. The van der Waals surface area contributed by atoms with Crippen molar-refractivity contribution in [3.8, 4) is 0 Å². The van der Waals surface area contributed by atoms with Crippen LogP contribution >= 0.6 is 0 Å². The molecule has 0 aliphatic rings. The third-order valence-electron chi connectivity index (χ3n) is 2.83. The Morgan fingerprint density at radius 3 is 2.43 bits per heavy atom. The first kappa shape index (κ1) is 19.0. The summed E-state index contributed by atoms with van der Waals surface area (Å²) in [6.45, 7) is 5.71. The summed E-state index contributed by atoms with van der Waals surface area (Å²) in [6.07, 6.45) is -0.00209. The molecule has 0 saturated carbocycles. The van der Waals surface area contributed by atoms with Gasteiger partial charge in [-0.2, -0.15) is 0 Å². The van der Waals surface area contributed by atoms with Crippen molar-refractivity contribution in [2.75, 3.05) is 13.2 Å². The molecule has 0 bridgehead atoms. The molecule has 1 amide bonds. The van der Waals surface area contributed by atoms with Gasteiger partial charge in [-0.15, -0.1) is 0 Å². The largest absolute Gasteiger partial charge is 0.481 e. The number of aliphatic carboxylic acids is 1. The highest BCUT2D eigenvalue weighted by Crippen LogP contribution is 2.09. The fourth-order valence-electron chi connectivity index (χ4n) is 1.91. The van der Waals surface area contributed by atoms with Gasteiger partial charge in [0.1, 0.15) is 5.60 Å². The minimum atomic E-state index is -0.912. The lowest BCUT2D eigenvalue weighted by Gasteiger charge is -2.23. The summed E-state index contributed by atoms with van der Waals surface area (Å²) in [5, 5.41) is 11.4. The number of hydrogen-bond donors (Lipinski definition) is 2. The van der Waals surface area contributed by atoms with Crippen molar-refractivity contribution in [2.24, 2.45) is 0 Å². The first-order valence-electron chi connectivity index (χ1n) is 7.59. The number of carbonyl (C=O) groups excluding carboxylic acids is 1. The number of hydrogen-bond acceptors (Lipinski definition) is 4. The zero-order valence-corrected chi connectivity index (χ0v) is 13.9. The van der Waals surface area contributed by atoms with Gasteiger partial charge in [-0.3, -0.25) is 4.79 Å². The molecule has 6 nitrogen and oxygen atoms in total. The lowest BCUT2D eigenvalue weighted by molar-refractivity contribution is -0.138. The van der Waals surface area contributed by atoms with Gasteiger partial charge >= 0.3 is 12.1 Å². The Morgan fingerprint density at radius 1 is 1.22 bits per heavy atom. The molecule has 1 aromatic rings. The van der Waals surface area contributed by atoms with Crippen LogP contribution in [0.25, 0.3) is 0 Å². The lowest BCUT2D eigenvalue weighted by atomic mass is 10.1. The molecule has 0 aromatic heterocycles. The standard InChI is InChI=1S/C17H25NO5/c1-17(2,3)23-16(21)18-14(12-22-10-9-15(19)20)11-13-7-5-4-6-8-13/h4-8,14H,9-12H2,1-3H3,(H,18,21)(H,19,20)/t14-/m0/s1. The summed E-state index contributed by atoms with van der Waals surface area (Å²) < 4.78 is 10.6. The maximum Gasteiger partial charge on any atom is 0.407 e. The average Bonchev–Trinajstić information content (AvgIpc) is 2.42. The molecule has 0 spiro atoms. The fraction of sp³-hybridized carbons (Fsp3) is 0.529. The summed E-state index contributed by atoms with van der Waals surface area (Å²) in [7, 11) is 0. The maximum atomic E-state index is 11.9. The van der Waals surface area contributed by atoms with Gasteiger partial charge < -0.3 is 19.9 Å². The zero-order valence-electron chi connectivity index (χ0n) is 13.9. The van der Waals surface area contributed by atoms with E-state index in [1.54, 1.807) is 20.8 Å². The van der Waals surface area contributed by atoms with Crippen LogP contribution in [0, 0.1) is 0 Å². The van der Waals surface area contributed by atoms with E-state index >= 15 is 0 Å². The van der Waals surface area contributed by atoms with Gasteiger partial charge in [0.2, 0.25) is 0 Å². The van der Waals surface area contributed by atoms with E-state index in [0.29, 0.717) is 6.42 Å². The second kappa shape index (κ2) is 9.15. The van der Waals surface area contributed by atoms with Crippen LogP contribution in [0.5, 0.6) is 0 Å². The summed E-state index contributed by atoms with van der Waals surface area (Å²) in [4.78, 5) is 22.4. The SMILES string of the molecule is CC(C)(C)OC(=O)N[C@H](COCCC(=O)O)Cc1ccccc1. The number of carboxylic acids is 1. The van der Waals surface area contributed by atoms with Crippen LogP contribution in [0.4, 0.5) is 4.79 Å². The van der Waals surface area contributed by atoms with E-state index in [2.05, 4.69) is 5.32 Å². The Kier molecular flexibility index (Phi) is 7.54. The zero-order chi connectivity index (χ0) is 17.3. The van der Waals surface area contributed by atoms with E-state index in [4.69, 9.17) is 14.6 Å². The first-order chi connectivity index (χ1) is 10.8. The highest BCUT2D eigenvalue weighted by Gasteiger charge is 2.20. The summed E-state index contributed by atoms with van der Waals surface area (Å²) in [5.74, 6) is -0.912. The van der Waals surface area contributed by atoms with Crippen molar-refractivity contribution < 1.29 is 24.2 Å². The summed E-state index contributed by atoms with van der Waals surface area (Å²) >= 11 is 0. The van der Waals surface area contributed by atoms with Crippen LogP contribution in [0.1, 0.15) is 32.8 Å². The molecule has 1 aromatic carbocycles. The molecule has 0 aliphatic carbocycles. The molecule has 1 atom stereocenters. The summed E-state index contributed by atoms with van der Waals surface area (Å²) in [6, 6.07) is 9.39. The minimum Gasteiger partial charge on any atom is -0.481 e. The molecular weight excluding hydrogens is 298 g/mol. The van der Waals surface area contributed by atoms with Crippen molar-refractivity contribution in [1.82, 2.24) is 5.32 Å². The van der Waals surface area contributed by atoms with Crippen LogP contribution in [-0.4, -0.2) is 42.0 Å². The van der Waals surface area contributed by atoms with Crippen molar-refractivity contribution >= 4 is 12.1 Å². The number of nitrogens with one attached hydrogen (secondary N) is 1.